The van der Waals surface area contributed by atoms with Crippen LogP contribution in [0.1, 0.15) is 25.5 Å². The first kappa shape index (κ1) is 20.7. The highest BCUT2D eigenvalue weighted by atomic mass is 32.2. The number of carbonyl (C=O) groups excluding carboxylic acids is 1. The van der Waals surface area contributed by atoms with Crippen LogP contribution in [0.2, 0.25) is 0 Å². The van der Waals surface area contributed by atoms with Gasteiger partial charge in [0.25, 0.3) is 0 Å². The minimum absolute atomic E-state index is 0.148. The number of nitrogens with zero attached hydrogens (tertiary/aromatic N) is 3. The molecular weight excluding hydrogens is 408 g/mol. The summed E-state index contributed by atoms with van der Waals surface area (Å²) in [6.07, 6.45) is 2.82. The van der Waals surface area contributed by atoms with Gasteiger partial charge in [0.2, 0.25) is 15.9 Å². The number of benzene rings is 1. The molecule has 2 aromatic rings. The molecule has 10 heteroatoms. The van der Waals surface area contributed by atoms with Crippen molar-refractivity contribution >= 4 is 21.6 Å². The number of aromatic nitrogens is 2. The Morgan fingerprint density at radius 2 is 2.03 bits per heavy atom. The predicted molar refractivity (Wildman–Crippen MR) is 110 cm³/mol. The number of ether oxygens (including phenoxy) is 2. The van der Waals surface area contributed by atoms with Crippen LogP contribution in [-0.4, -0.2) is 54.7 Å². The number of hydrogen-bond donors (Lipinski definition) is 1. The van der Waals surface area contributed by atoms with Gasteiger partial charge in [-0.3, -0.25) is 9.48 Å². The minimum atomic E-state index is -3.70. The van der Waals surface area contributed by atoms with Crippen molar-refractivity contribution in [2.24, 2.45) is 5.92 Å². The average molecular weight is 435 g/mol. The first-order chi connectivity index (χ1) is 14.4. The topological polar surface area (TPSA) is 103 Å². The second-order valence-electron chi connectivity index (χ2n) is 7.48. The van der Waals surface area contributed by atoms with E-state index in [1.54, 1.807) is 36.0 Å². The van der Waals surface area contributed by atoms with Crippen LogP contribution in [0.25, 0.3) is 0 Å². The Balaban J connectivity index is 1.47. The average Bonchev–Trinajstić information content (AvgIpc) is 3.15. The molecule has 1 aromatic carbocycles. The van der Waals surface area contributed by atoms with Gasteiger partial charge < -0.3 is 14.8 Å². The Bertz CT molecular complexity index is 1050. The van der Waals surface area contributed by atoms with E-state index in [9.17, 15) is 13.2 Å². The zero-order valence-corrected chi connectivity index (χ0v) is 17.9. The van der Waals surface area contributed by atoms with Gasteiger partial charge >= 0.3 is 0 Å². The van der Waals surface area contributed by atoms with Crippen molar-refractivity contribution in [2.45, 2.75) is 38.1 Å². The van der Waals surface area contributed by atoms with E-state index in [0.717, 1.165) is 0 Å². The number of sulfonamides is 1. The van der Waals surface area contributed by atoms with Crippen LogP contribution < -0.4 is 14.8 Å². The van der Waals surface area contributed by atoms with Crippen LogP contribution in [0.5, 0.6) is 11.5 Å². The fourth-order valence-electron chi connectivity index (χ4n) is 3.79. The van der Waals surface area contributed by atoms with E-state index in [1.165, 1.54) is 4.31 Å². The Labute approximate surface area is 176 Å². The third-order valence-electron chi connectivity index (χ3n) is 5.41. The molecule has 3 heterocycles. The molecule has 0 radical (unpaired) electrons. The summed E-state index contributed by atoms with van der Waals surface area (Å²) in [6, 6.07) is 5.24. The highest BCUT2D eigenvalue weighted by molar-refractivity contribution is 7.89. The second kappa shape index (κ2) is 8.27. The van der Waals surface area contributed by atoms with Gasteiger partial charge in [0.1, 0.15) is 18.1 Å². The summed E-state index contributed by atoms with van der Waals surface area (Å²) in [5, 5.41) is 7.13. The van der Waals surface area contributed by atoms with Crippen molar-refractivity contribution in [3.63, 3.8) is 0 Å². The van der Waals surface area contributed by atoms with Crippen LogP contribution in [-0.2, 0) is 21.4 Å². The van der Waals surface area contributed by atoms with Crippen LogP contribution in [0.4, 0.5) is 5.69 Å². The lowest BCUT2D eigenvalue weighted by atomic mass is 9.98. The highest BCUT2D eigenvalue weighted by Crippen LogP contribution is 2.33. The number of amides is 1. The molecule has 1 fully saturated rings. The number of nitrogens with one attached hydrogen (secondary N) is 1. The molecule has 1 aromatic heterocycles. The summed E-state index contributed by atoms with van der Waals surface area (Å²) in [6.45, 7) is 5.70. The fraction of sp³-hybridized carbons (Fsp3) is 0.500. The zero-order valence-electron chi connectivity index (χ0n) is 17.1. The molecule has 0 spiro atoms. The standard InChI is InChI=1S/C20H26N4O5S/c1-3-23-13-19(14(2)22-23)30(26,27)24-8-4-5-15(12-24)20(25)21-16-6-7-17-18(11-16)29-10-9-28-17/h6-7,11,13,15H,3-5,8-10,12H2,1-2H3,(H,21,25)/t15-/m0/s1. The Morgan fingerprint density at radius 1 is 1.27 bits per heavy atom. The number of carbonyl (C=O) groups is 1. The highest BCUT2D eigenvalue weighted by Gasteiger charge is 2.35. The summed E-state index contributed by atoms with van der Waals surface area (Å²) < 4.78 is 40.3. The molecule has 9 nitrogen and oxygen atoms in total. The lowest BCUT2D eigenvalue weighted by Gasteiger charge is -2.31. The van der Waals surface area contributed by atoms with Crippen molar-refractivity contribution in [3.05, 3.63) is 30.1 Å². The molecule has 4 rings (SSSR count). The Kier molecular flexibility index (Phi) is 5.70. The van der Waals surface area contributed by atoms with Crippen molar-refractivity contribution in [2.75, 3.05) is 31.6 Å². The largest absolute Gasteiger partial charge is 0.486 e. The SMILES string of the molecule is CCn1cc(S(=O)(=O)N2CCC[C@H](C(=O)Nc3ccc4c(c3)OCCO4)C2)c(C)n1. The van der Waals surface area contributed by atoms with Crippen LogP contribution in [0.15, 0.2) is 29.3 Å². The number of piperidine rings is 1. The molecule has 1 N–H and O–H groups in total. The normalized spacial score (nSPS) is 19.5. The van der Waals surface area contributed by atoms with Gasteiger partial charge in [-0.15, -0.1) is 0 Å². The molecule has 30 heavy (non-hydrogen) atoms. The van der Waals surface area contributed by atoms with E-state index in [4.69, 9.17) is 9.47 Å². The summed E-state index contributed by atoms with van der Waals surface area (Å²) in [5.74, 6) is 0.614. The molecule has 0 bridgehead atoms. The molecular formula is C20H26N4O5S. The van der Waals surface area contributed by atoms with Gasteiger partial charge in [-0.2, -0.15) is 9.40 Å². The van der Waals surface area contributed by atoms with Crippen LogP contribution in [0, 0.1) is 12.8 Å². The van der Waals surface area contributed by atoms with E-state index in [0.29, 0.717) is 62.0 Å². The van der Waals surface area contributed by atoms with Gasteiger partial charge in [-0.1, -0.05) is 0 Å². The molecule has 162 valence electrons. The maximum atomic E-state index is 13.1. The number of aryl methyl sites for hydroxylation is 2. The molecule has 1 amide bonds. The third-order valence-corrected chi connectivity index (χ3v) is 7.38. The lowest BCUT2D eigenvalue weighted by molar-refractivity contribution is -0.120. The lowest BCUT2D eigenvalue weighted by Crippen LogP contribution is -2.43. The summed E-state index contributed by atoms with van der Waals surface area (Å²) >= 11 is 0. The smallest absolute Gasteiger partial charge is 0.246 e. The number of fused-ring (bicyclic) bond motifs is 1. The van der Waals surface area contributed by atoms with Gasteiger partial charge in [-0.05, 0) is 38.8 Å². The second-order valence-corrected chi connectivity index (χ2v) is 9.39. The van der Waals surface area contributed by atoms with Crippen molar-refractivity contribution in [3.8, 4) is 11.5 Å². The van der Waals surface area contributed by atoms with E-state index >= 15 is 0 Å². The molecule has 0 unspecified atom stereocenters. The van der Waals surface area contributed by atoms with Crippen molar-refractivity contribution in [1.29, 1.82) is 0 Å². The van der Waals surface area contributed by atoms with Gasteiger partial charge in [-0.25, -0.2) is 8.42 Å². The van der Waals surface area contributed by atoms with E-state index in [2.05, 4.69) is 10.4 Å². The number of hydrogen-bond acceptors (Lipinski definition) is 6. The first-order valence-corrected chi connectivity index (χ1v) is 11.6. The van der Waals surface area contributed by atoms with Gasteiger partial charge in [0.05, 0.1) is 11.6 Å². The predicted octanol–water partition coefficient (Wildman–Crippen LogP) is 2.02. The monoisotopic (exact) mass is 434 g/mol. The Morgan fingerprint density at radius 3 is 2.77 bits per heavy atom. The molecule has 0 aliphatic carbocycles. The first-order valence-electron chi connectivity index (χ1n) is 10.1. The maximum Gasteiger partial charge on any atom is 0.246 e. The third kappa shape index (κ3) is 4.01. The summed E-state index contributed by atoms with van der Waals surface area (Å²) in [5.41, 5.74) is 1.07. The number of anilines is 1. The molecule has 2 aliphatic rings. The molecule has 1 atom stereocenters. The van der Waals surface area contributed by atoms with E-state index in [1.807, 2.05) is 6.92 Å². The molecule has 0 saturated carbocycles. The van der Waals surface area contributed by atoms with Gasteiger partial charge in [0.15, 0.2) is 11.5 Å². The van der Waals surface area contributed by atoms with Gasteiger partial charge in [0, 0.05) is 37.6 Å². The fourth-order valence-corrected chi connectivity index (χ4v) is 5.49. The molecule has 2 aliphatic heterocycles. The Hall–Kier alpha value is -2.59. The van der Waals surface area contributed by atoms with Crippen LogP contribution >= 0.6 is 0 Å². The minimum Gasteiger partial charge on any atom is -0.486 e. The quantitative estimate of drug-likeness (QED) is 0.772. The summed E-state index contributed by atoms with van der Waals surface area (Å²) in [7, 11) is -3.70. The summed E-state index contributed by atoms with van der Waals surface area (Å²) in [4.78, 5) is 13.0. The maximum absolute atomic E-state index is 13.1. The van der Waals surface area contributed by atoms with Crippen molar-refractivity contribution in [1.82, 2.24) is 14.1 Å². The van der Waals surface area contributed by atoms with Crippen LogP contribution in [0.3, 0.4) is 0 Å². The number of rotatable bonds is 5. The van der Waals surface area contributed by atoms with E-state index in [-0.39, 0.29) is 17.3 Å². The molecule has 1 saturated heterocycles. The van der Waals surface area contributed by atoms with E-state index < -0.39 is 15.9 Å². The zero-order chi connectivity index (χ0) is 21.3. The van der Waals surface area contributed by atoms with Crippen molar-refractivity contribution < 1.29 is 22.7 Å².